The van der Waals surface area contributed by atoms with Crippen LogP contribution >= 0.6 is 0 Å². The molecule has 0 saturated heterocycles. The Kier molecular flexibility index (Phi) is 2.55. The molecule has 1 aromatic carbocycles. The fourth-order valence-corrected chi connectivity index (χ4v) is 4.85. The lowest BCUT2D eigenvalue weighted by atomic mass is 9.93. The molecule has 4 rings (SSSR count). The monoisotopic (exact) mass is 256 g/mol. The van der Waals surface area contributed by atoms with Crippen molar-refractivity contribution < 1.29 is 0 Å². The van der Waals surface area contributed by atoms with Crippen molar-refractivity contribution in [3.8, 4) is 0 Å². The average Bonchev–Trinajstić information content (AvgIpc) is 2.81. The van der Waals surface area contributed by atoms with Crippen LogP contribution in [0, 0.1) is 23.7 Å². The summed E-state index contributed by atoms with van der Waals surface area (Å²) in [6, 6.07) is 11.3. The number of hydrogen-bond acceptors (Lipinski definition) is 2. The zero-order chi connectivity index (χ0) is 13.0. The highest BCUT2D eigenvalue weighted by atomic mass is 15.0. The Morgan fingerprint density at radius 1 is 1.16 bits per heavy atom. The summed E-state index contributed by atoms with van der Waals surface area (Å²) >= 11 is 0. The van der Waals surface area contributed by atoms with Gasteiger partial charge in [0.2, 0.25) is 0 Å². The van der Waals surface area contributed by atoms with Crippen molar-refractivity contribution >= 4 is 0 Å². The first-order valence-corrected chi connectivity index (χ1v) is 7.74. The van der Waals surface area contributed by atoms with Gasteiger partial charge in [0.25, 0.3) is 0 Å². The van der Waals surface area contributed by atoms with Crippen molar-refractivity contribution in [3.05, 3.63) is 35.9 Å². The Balaban J connectivity index is 1.39. The third-order valence-corrected chi connectivity index (χ3v) is 5.87. The highest BCUT2D eigenvalue weighted by molar-refractivity contribution is 5.24. The van der Waals surface area contributed by atoms with Crippen LogP contribution in [0.2, 0.25) is 0 Å². The summed E-state index contributed by atoms with van der Waals surface area (Å²) in [6.07, 6.45) is 4.50. The van der Waals surface area contributed by atoms with E-state index in [4.69, 9.17) is 5.73 Å². The highest BCUT2D eigenvalue weighted by Gasteiger charge is 2.64. The quantitative estimate of drug-likeness (QED) is 0.868. The molecule has 0 amide bonds. The van der Waals surface area contributed by atoms with E-state index in [1.165, 1.54) is 24.8 Å². The zero-order valence-corrected chi connectivity index (χ0v) is 11.7. The van der Waals surface area contributed by atoms with Crippen molar-refractivity contribution in [1.82, 2.24) is 5.32 Å². The van der Waals surface area contributed by atoms with E-state index in [1.54, 1.807) is 0 Å². The van der Waals surface area contributed by atoms with E-state index in [1.807, 2.05) is 0 Å². The van der Waals surface area contributed by atoms with Crippen molar-refractivity contribution in [3.63, 3.8) is 0 Å². The molecule has 2 heteroatoms. The minimum Gasteiger partial charge on any atom is -0.321 e. The van der Waals surface area contributed by atoms with Crippen molar-refractivity contribution in [2.45, 2.75) is 37.8 Å². The van der Waals surface area contributed by atoms with Gasteiger partial charge in [-0.05, 0) is 55.4 Å². The maximum atomic E-state index is 6.49. The van der Waals surface area contributed by atoms with Gasteiger partial charge in [0.15, 0.2) is 0 Å². The normalized spacial score (nSPS) is 41.9. The van der Waals surface area contributed by atoms with E-state index in [9.17, 15) is 0 Å². The van der Waals surface area contributed by atoms with Gasteiger partial charge in [0.05, 0.1) is 5.54 Å². The fourth-order valence-electron chi connectivity index (χ4n) is 4.85. The smallest absolute Gasteiger partial charge is 0.0507 e. The molecule has 0 aromatic heterocycles. The maximum Gasteiger partial charge on any atom is 0.0507 e. The molecule has 0 aliphatic heterocycles. The molecule has 3 saturated carbocycles. The SMILES string of the molecule is CC(N)(CNC1C2C3CCC(C3)C12)c1ccccc1. The third kappa shape index (κ3) is 1.85. The van der Waals surface area contributed by atoms with Gasteiger partial charge in [-0.15, -0.1) is 0 Å². The Hall–Kier alpha value is -0.860. The van der Waals surface area contributed by atoms with Crippen molar-refractivity contribution in [2.75, 3.05) is 6.54 Å². The van der Waals surface area contributed by atoms with Crippen LogP contribution in [-0.2, 0) is 5.54 Å². The predicted octanol–water partition coefficient (Wildman–Crippen LogP) is 2.49. The maximum absolute atomic E-state index is 6.49. The second-order valence-electron chi connectivity index (χ2n) is 7.18. The van der Waals surface area contributed by atoms with Crippen LogP contribution in [0.4, 0.5) is 0 Å². The molecule has 2 nitrogen and oxygen atoms in total. The lowest BCUT2D eigenvalue weighted by Crippen LogP contribution is -2.44. The number of fused-ring (bicyclic) bond motifs is 5. The number of rotatable bonds is 4. The average molecular weight is 256 g/mol. The largest absolute Gasteiger partial charge is 0.321 e. The Bertz CT molecular complexity index is 451. The van der Waals surface area contributed by atoms with E-state index < -0.39 is 0 Å². The molecule has 0 radical (unpaired) electrons. The number of nitrogens with two attached hydrogens (primary N) is 1. The molecule has 2 bridgehead atoms. The highest BCUT2D eigenvalue weighted by Crippen LogP contribution is 2.65. The molecule has 0 heterocycles. The van der Waals surface area contributed by atoms with E-state index in [2.05, 4.69) is 42.6 Å². The van der Waals surface area contributed by atoms with Gasteiger partial charge in [-0.25, -0.2) is 0 Å². The molecule has 0 spiro atoms. The molecular formula is C17H24N2. The molecule has 19 heavy (non-hydrogen) atoms. The van der Waals surface area contributed by atoms with Crippen LogP contribution in [0.5, 0.6) is 0 Å². The van der Waals surface area contributed by atoms with Crippen molar-refractivity contribution in [1.29, 1.82) is 0 Å². The Labute approximate surface area is 115 Å². The van der Waals surface area contributed by atoms with E-state index in [0.717, 1.165) is 36.3 Å². The van der Waals surface area contributed by atoms with Gasteiger partial charge in [-0.3, -0.25) is 0 Å². The van der Waals surface area contributed by atoms with Gasteiger partial charge in [-0.2, -0.15) is 0 Å². The Morgan fingerprint density at radius 2 is 1.79 bits per heavy atom. The van der Waals surface area contributed by atoms with Crippen LogP contribution in [0.1, 0.15) is 31.7 Å². The minimum atomic E-state index is -0.253. The lowest BCUT2D eigenvalue weighted by molar-refractivity contribution is 0.399. The van der Waals surface area contributed by atoms with Crippen LogP contribution in [-0.4, -0.2) is 12.6 Å². The summed E-state index contributed by atoms with van der Waals surface area (Å²) in [6.45, 7) is 3.04. The Morgan fingerprint density at radius 3 is 2.42 bits per heavy atom. The van der Waals surface area contributed by atoms with Gasteiger partial charge >= 0.3 is 0 Å². The molecule has 5 atom stereocenters. The minimum absolute atomic E-state index is 0.253. The van der Waals surface area contributed by atoms with E-state index >= 15 is 0 Å². The third-order valence-electron chi connectivity index (χ3n) is 5.87. The topological polar surface area (TPSA) is 38.0 Å². The van der Waals surface area contributed by atoms with Crippen molar-refractivity contribution in [2.24, 2.45) is 29.4 Å². The number of hydrogen-bond donors (Lipinski definition) is 2. The van der Waals surface area contributed by atoms with Crippen LogP contribution in [0.3, 0.4) is 0 Å². The standard InChI is InChI=1S/C17H24N2/c1-17(18,13-5-3-2-4-6-13)10-19-16-14-11-7-8-12(9-11)15(14)16/h2-6,11-12,14-16,19H,7-10,18H2,1H3. The summed E-state index contributed by atoms with van der Waals surface area (Å²) in [7, 11) is 0. The molecule has 5 unspecified atom stereocenters. The fraction of sp³-hybridized carbons (Fsp3) is 0.647. The van der Waals surface area contributed by atoms with Crippen LogP contribution < -0.4 is 11.1 Å². The zero-order valence-electron chi connectivity index (χ0n) is 11.7. The summed E-state index contributed by atoms with van der Waals surface area (Å²) in [5, 5.41) is 3.77. The number of nitrogens with one attached hydrogen (secondary N) is 1. The van der Waals surface area contributed by atoms with Crippen LogP contribution in [0.25, 0.3) is 0 Å². The lowest BCUT2D eigenvalue weighted by Gasteiger charge is -2.26. The summed E-state index contributed by atoms with van der Waals surface area (Å²) in [4.78, 5) is 0. The summed E-state index contributed by atoms with van der Waals surface area (Å²) in [5.74, 6) is 4.05. The van der Waals surface area contributed by atoms with Gasteiger partial charge in [-0.1, -0.05) is 30.3 Å². The molecule has 3 aliphatic carbocycles. The second kappa shape index (κ2) is 4.07. The van der Waals surface area contributed by atoms with Gasteiger partial charge < -0.3 is 11.1 Å². The first-order chi connectivity index (χ1) is 9.17. The summed E-state index contributed by atoms with van der Waals surface area (Å²) in [5.41, 5.74) is 7.47. The van der Waals surface area contributed by atoms with Gasteiger partial charge in [0, 0.05) is 12.6 Å². The first-order valence-electron chi connectivity index (χ1n) is 7.74. The molecule has 3 fully saturated rings. The van der Waals surface area contributed by atoms with E-state index in [0.29, 0.717) is 0 Å². The molecule has 102 valence electrons. The molecule has 3 N–H and O–H groups in total. The van der Waals surface area contributed by atoms with Gasteiger partial charge in [0.1, 0.15) is 0 Å². The second-order valence-corrected chi connectivity index (χ2v) is 7.18. The number of benzene rings is 1. The first kappa shape index (κ1) is 11.9. The van der Waals surface area contributed by atoms with Crippen LogP contribution in [0.15, 0.2) is 30.3 Å². The molecule has 3 aliphatic rings. The van der Waals surface area contributed by atoms with E-state index in [-0.39, 0.29) is 5.54 Å². The molecular weight excluding hydrogens is 232 g/mol. The molecule has 1 aromatic rings. The predicted molar refractivity (Wildman–Crippen MR) is 77.6 cm³/mol. The summed E-state index contributed by atoms with van der Waals surface area (Å²) < 4.78 is 0.